The van der Waals surface area contributed by atoms with Crippen LogP contribution in [0.2, 0.25) is 0 Å². The smallest absolute Gasteiger partial charge is 0.191 e. The molecule has 4 aromatic rings. The maximum Gasteiger partial charge on any atom is 0.191 e. The number of aromatic nitrogens is 3. The van der Waals surface area contributed by atoms with Gasteiger partial charge in [-0.1, -0.05) is 61.2 Å². The average molecular weight is 642 g/mol. The van der Waals surface area contributed by atoms with Gasteiger partial charge in [0.15, 0.2) is 11.0 Å². The van der Waals surface area contributed by atoms with Crippen molar-refractivity contribution in [3.8, 4) is 22.9 Å². The van der Waals surface area contributed by atoms with Crippen LogP contribution in [0, 0.1) is 0 Å². The zero-order valence-electron chi connectivity index (χ0n) is 28.1. The van der Waals surface area contributed by atoms with Gasteiger partial charge in [0.1, 0.15) is 11.5 Å². The summed E-state index contributed by atoms with van der Waals surface area (Å²) in [5, 5.41) is 16.9. The molecule has 0 saturated carbocycles. The molecule has 6 rings (SSSR count). The minimum Gasteiger partial charge on any atom is -0.497 e. The van der Waals surface area contributed by atoms with Gasteiger partial charge in [0.2, 0.25) is 0 Å². The molecule has 0 bridgehead atoms. The number of thioether (sulfide) groups is 1. The van der Waals surface area contributed by atoms with Crippen molar-refractivity contribution in [1.82, 2.24) is 25.4 Å². The molecule has 0 aliphatic heterocycles. The highest BCUT2D eigenvalue weighted by atomic mass is 32.2. The fraction of sp³-hybridized carbons (Fsp3) is 0.474. The summed E-state index contributed by atoms with van der Waals surface area (Å²) < 4.78 is 12.8. The Balaban J connectivity index is 0.000000232. The Bertz CT molecular complexity index is 1510. The first-order valence-electron chi connectivity index (χ1n) is 17.0. The Labute approximate surface area is 279 Å². The Morgan fingerprint density at radius 1 is 0.826 bits per heavy atom. The molecule has 246 valence electrons. The number of benzene rings is 3. The number of rotatable bonds is 15. The lowest BCUT2D eigenvalue weighted by Gasteiger charge is -2.13. The van der Waals surface area contributed by atoms with Crippen molar-refractivity contribution in [3.05, 3.63) is 89.0 Å². The van der Waals surface area contributed by atoms with E-state index >= 15 is 0 Å². The lowest BCUT2D eigenvalue weighted by molar-refractivity contribution is 0.413. The number of ether oxygens (including phenoxy) is 2. The number of hydrogen-bond acceptors (Lipinski definition) is 7. The number of hydrogen-bond donors (Lipinski definition) is 2. The van der Waals surface area contributed by atoms with E-state index in [1.165, 1.54) is 67.2 Å². The normalized spacial score (nSPS) is 16.4. The largest absolute Gasteiger partial charge is 0.497 e. The van der Waals surface area contributed by atoms with Crippen LogP contribution in [0.15, 0.2) is 71.9 Å². The highest BCUT2D eigenvalue weighted by Gasteiger charge is 2.23. The van der Waals surface area contributed by atoms with Crippen molar-refractivity contribution in [2.75, 3.05) is 39.6 Å². The molecule has 2 N–H and O–H groups in total. The topological polar surface area (TPSA) is 73.2 Å². The molecule has 2 aliphatic rings. The molecule has 0 fully saturated rings. The molecular weight excluding hydrogens is 591 g/mol. The molecular formula is C38H51N5O2S. The molecule has 8 heteroatoms. The predicted octanol–water partition coefficient (Wildman–Crippen LogP) is 7.75. The third kappa shape index (κ3) is 8.93. The molecule has 7 nitrogen and oxygen atoms in total. The summed E-state index contributed by atoms with van der Waals surface area (Å²) in [7, 11) is 5.52. The van der Waals surface area contributed by atoms with Gasteiger partial charge in [0.05, 0.1) is 14.2 Å². The standard InChI is InChI=1S/C25H32N4OS.C13H19NO/c1-29-24(21-8-4-3-5-9-21)27-28-25(29)31-17-7-16-26-15-6-10-19-11-12-20-13-14-22(30-2)18-23(19)20;1-3-8-14-13-7-5-10-4-6-11(15-2)9-12(10)13/h3-5,8-9,13-14,18-19,26H,6-7,10-12,15-17H2,1-2H3;4,6,9,13-14H,3,5,7-8H2,1-2H3. The summed E-state index contributed by atoms with van der Waals surface area (Å²) in [6, 6.07) is 23.8. The second kappa shape index (κ2) is 17.5. The molecule has 0 saturated heterocycles. The monoisotopic (exact) mass is 641 g/mol. The van der Waals surface area contributed by atoms with Gasteiger partial charge in [-0.05, 0) is 123 Å². The Morgan fingerprint density at radius 3 is 2.26 bits per heavy atom. The number of nitrogens with one attached hydrogen (secondary N) is 2. The molecule has 3 aromatic carbocycles. The van der Waals surface area contributed by atoms with Crippen molar-refractivity contribution in [1.29, 1.82) is 0 Å². The van der Waals surface area contributed by atoms with Crippen LogP contribution >= 0.6 is 11.8 Å². The number of methoxy groups -OCH3 is 2. The van der Waals surface area contributed by atoms with E-state index in [4.69, 9.17) is 9.47 Å². The quantitative estimate of drug-likeness (QED) is 0.102. The lowest BCUT2D eigenvalue weighted by Crippen LogP contribution is -2.19. The van der Waals surface area contributed by atoms with Crippen molar-refractivity contribution in [2.24, 2.45) is 7.05 Å². The van der Waals surface area contributed by atoms with Gasteiger partial charge in [-0.2, -0.15) is 0 Å². The van der Waals surface area contributed by atoms with Gasteiger partial charge in [0.25, 0.3) is 0 Å². The molecule has 0 radical (unpaired) electrons. The zero-order chi connectivity index (χ0) is 32.1. The first-order valence-corrected chi connectivity index (χ1v) is 17.9. The van der Waals surface area contributed by atoms with Gasteiger partial charge < -0.3 is 24.7 Å². The number of nitrogens with zero attached hydrogens (tertiary/aromatic N) is 3. The second-order valence-corrected chi connectivity index (χ2v) is 13.3. The van der Waals surface area contributed by atoms with Crippen molar-refractivity contribution in [3.63, 3.8) is 0 Å². The van der Waals surface area contributed by atoms with Crippen LogP contribution in [-0.4, -0.2) is 54.4 Å². The van der Waals surface area contributed by atoms with Crippen LogP contribution in [-0.2, 0) is 19.9 Å². The Hall–Kier alpha value is -3.33. The minimum absolute atomic E-state index is 0.537. The van der Waals surface area contributed by atoms with E-state index < -0.39 is 0 Å². The molecule has 2 atom stereocenters. The summed E-state index contributed by atoms with van der Waals surface area (Å²) in [5.41, 5.74) is 7.03. The van der Waals surface area contributed by atoms with Gasteiger partial charge in [0, 0.05) is 24.4 Å². The molecule has 2 unspecified atom stereocenters. The first kappa shape index (κ1) is 34.0. The number of fused-ring (bicyclic) bond motifs is 2. The molecule has 1 aromatic heterocycles. The van der Waals surface area contributed by atoms with Crippen LogP contribution in [0.25, 0.3) is 11.4 Å². The van der Waals surface area contributed by atoms with Crippen LogP contribution in [0.1, 0.15) is 79.7 Å². The molecule has 2 aliphatic carbocycles. The van der Waals surface area contributed by atoms with Crippen LogP contribution in [0.5, 0.6) is 11.5 Å². The molecule has 1 heterocycles. The zero-order valence-corrected chi connectivity index (χ0v) is 28.9. The summed E-state index contributed by atoms with van der Waals surface area (Å²) in [5.74, 6) is 4.62. The van der Waals surface area contributed by atoms with E-state index in [9.17, 15) is 0 Å². The summed E-state index contributed by atoms with van der Waals surface area (Å²) in [6.07, 6.45) is 9.70. The third-order valence-electron chi connectivity index (χ3n) is 9.13. The van der Waals surface area contributed by atoms with E-state index in [1.54, 1.807) is 26.0 Å². The second-order valence-electron chi connectivity index (χ2n) is 12.2. The summed E-state index contributed by atoms with van der Waals surface area (Å²) in [6.45, 7) is 5.43. The summed E-state index contributed by atoms with van der Waals surface area (Å²) in [4.78, 5) is 0. The van der Waals surface area contributed by atoms with Gasteiger partial charge in [-0.3, -0.25) is 0 Å². The van der Waals surface area contributed by atoms with Crippen molar-refractivity contribution >= 4 is 11.8 Å². The van der Waals surface area contributed by atoms with Crippen LogP contribution in [0.3, 0.4) is 0 Å². The van der Waals surface area contributed by atoms with E-state index in [2.05, 4.69) is 80.9 Å². The molecule has 0 spiro atoms. The molecule has 0 amide bonds. The highest BCUT2D eigenvalue weighted by molar-refractivity contribution is 7.99. The van der Waals surface area contributed by atoms with Gasteiger partial charge in [-0.15, -0.1) is 10.2 Å². The maximum absolute atomic E-state index is 5.41. The highest BCUT2D eigenvalue weighted by Crippen LogP contribution is 2.38. The summed E-state index contributed by atoms with van der Waals surface area (Å²) >= 11 is 1.78. The van der Waals surface area contributed by atoms with E-state index in [1.807, 2.05) is 25.2 Å². The van der Waals surface area contributed by atoms with Crippen LogP contribution < -0.4 is 20.1 Å². The lowest BCUT2D eigenvalue weighted by atomic mass is 9.96. The Kier molecular flexibility index (Phi) is 13.0. The van der Waals surface area contributed by atoms with E-state index in [0.29, 0.717) is 12.0 Å². The SMILES string of the molecule is CCCNC1CCc2ccc(OC)cc21.COc1ccc2c(c1)C(CCCNCCCSc1nnc(-c3ccccc3)n1C)CC2. The van der Waals surface area contributed by atoms with E-state index in [-0.39, 0.29) is 0 Å². The average Bonchev–Trinajstić information content (AvgIpc) is 3.81. The fourth-order valence-electron chi connectivity index (χ4n) is 6.57. The first-order chi connectivity index (χ1) is 22.6. The van der Waals surface area contributed by atoms with Gasteiger partial charge >= 0.3 is 0 Å². The van der Waals surface area contributed by atoms with Crippen molar-refractivity contribution in [2.45, 2.75) is 75.4 Å². The number of aryl methyl sites for hydroxylation is 2. The van der Waals surface area contributed by atoms with Gasteiger partial charge in [-0.25, -0.2) is 0 Å². The predicted molar refractivity (Wildman–Crippen MR) is 190 cm³/mol. The minimum atomic E-state index is 0.537. The Morgan fingerprint density at radius 2 is 1.52 bits per heavy atom. The van der Waals surface area contributed by atoms with E-state index in [0.717, 1.165) is 59.9 Å². The third-order valence-corrected chi connectivity index (χ3v) is 10.2. The van der Waals surface area contributed by atoms with Crippen LogP contribution in [0.4, 0.5) is 0 Å². The fourth-order valence-corrected chi connectivity index (χ4v) is 7.42. The molecule has 46 heavy (non-hydrogen) atoms. The van der Waals surface area contributed by atoms with Crippen molar-refractivity contribution < 1.29 is 9.47 Å². The maximum atomic E-state index is 5.41.